The zero-order valence-electron chi connectivity index (χ0n) is 10.3. The molecule has 0 N–H and O–H groups in total. The summed E-state index contributed by atoms with van der Waals surface area (Å²) in [5.41, 5.74) is 0. The molecule has 0 saturated carbocycles. The highest BCUT2D eigenvalue weighted by atomic mass is 16.5. The fraction of sp³-hybridized carbons (Fsp3) is 0.917. The molecule has 0 aromatic heterocycles. The van der Waals surface area contributed by atoms with Gasteiger partial charge in [0.05, 0.1) is 0 Å². The van der Waals surface area contributed by atoms with Crippen molar-refractivity contribution in [2.45, 2.75) is 46.3 Å². The molecule has 0 unspecified atom stereocenters. The monoisotopic (exact) mass is 213 g/mol. The predicted octanol–water partition coefficient (Wildman–Crippen LogP) is 1.71. The molecule has 1 aliphatic rings. The summed E-state index contributed by atoms with van der Waals surface area (Å²) in [4.78, 5) is 14.2. The van der Waals surface area contributed by atoms with E-state index in [1.807, 2.05) is 13.8 Å². The second-order valence-corrected chi connectivity index (χ2v) is 4.86. The molecule has 15 heavy (non-hydrogen) atoms. The Kier molecular flexibility index (Phi) is 4.74. The van der Waals surface area contributed by atoms with E-state index in [1.165, 1.54) is 0 Å². The van der Waals surface area contributed by atoms with Gasteiger partial charge in [0.1, 0.15) is 6.10 Å². The zero-order chi connectivity index (χ0) is 11.4. The quantitative estimate of drug-likeness (QED) is 0.715. The Bertz CT molecular complexity index is 214. The number of carbonyl (C=O) groups excluding carboxylic acids is 1. The fourth-order valence-electron chi connectivity index (χ4n) is 1.86. The van der Waals surface area contributed by atoms with Crippen molar-refractivity contribution in [1.82, 2.24) is 4.90 Å². The summed E-state index contributed by atoms with van der Waals surface area (Å²) >= 11 is 0. The van der Waals surface area contributed by atoms with Crippen LogP contribution < -0.4 is 0 Å². The van der Waals surface area contributed by atoms with Crippen LogP contribution in [0.3, 0.4) is 0 Å². The number of ketones is 1. The number of carbonyl (C=O) groups is 1. The van der Waals surface area contributed by atoms with Crippen LogP contribution in [0.15, 0.2) is 0 Å². The van der Waals surface area contributed by atoms with E-state index in [9.17, 15) is 4.79 Å². The number of ether oxygens (including phenoxy) is 1. The van der Waals surface area contributed by atoms with E-state index in [-0.39, 0.29) is 17.8 Å². The Morgan fingerprint density at radius 2 is 2.00 bits per heavy atom. The lowest BCUT2D eigenvalue weighted by Gasteiger charge is -2.27. The first-order valence-electron chi connectivity index (χ1n) is 5.91. The second kappa shape index (κ2) is 5.61. The second-order valence-electron chi connectivity index (χ2n) is 4.86. The Labute approximate surface area is 92.8 Å². The van der Waals surface area contributed by atoms with Gasteiger partial charge < -0.3 is 4.74 Å². The van der Waals surface area contributed by atoms with E-state index in [1.54, 1.807) is 0 Å². The minimum atomic E-state index is -0.213. The average Bonchev–Trinajstić information content (AvgIpc) is 2.41. The van der Waals surface area contributed by atoms with Crippen molar-refractivity contribution in [1.29, 1.82) is 0 Å². The molecule has 1 saturated heterocycles. The molecule has 3 heteroatoms. The highest BCUT2D eigenvalue weighted by molar-refractivity contribution is 5.85. The third kappa shape index (κ3) is 3.58. The van der Waals surface area contributed by atoms with Crippen molar-refractivity contribution in [3.63, 3.8) is 0 Å². The molecule has 0 amide bonds. The van der Waals surface area contributed by atoms with E-state index < -0.39 is 0 Å². The Morgan fingerprint density at radius 3 is 2.53 bits per heavy atom. The summed E-state index contributed by atoms with van der Waals surface area (Å²) in [5, 5.41) is 0. The van der Waals surface area contributed by atoms with E-state index in [2.05, 4.69) is 18.7 Å². The maximum atomic E-state index is 11.9. The first-order chi connectivity index (χ1) is 7.02. The van der Waals surface area contributed by atoms with Crippen molar-refractivity contribution < 1.29 is 9.53 Å². The minimum absolute atomic E-state index is 0.0714. The maximum Gasteiger partial charge on any atom is 0.165 e. The molecule has 0 aliphatic carbocycles. The molecular weight excluding hydrogens is 190 g/mol. The third-order valence-electron chi connectivity index (χ3n) is 2.93. The molecule has 1 atom stereocenters. The van der Waals surface area contributed by atoms with Crippen molar-refractivity contribution in [3.8, 4) is 0 Å². The summed E-state index contributed by atoms with van der Waals surface area (Å²) < 4.78 is 5.62. The fourth-order valence-corrected chi connectivity index (χ4v) is 1.86. The molecule has 0 spiro atoms. The number of hydrogen-bond donors (Lipinski definition) is 0. The third-order valence-corrected chi connectivity index (χ3v) is 2.93. The van der Waals surface area contributed by atoms with Gasteiger partial charge in [-0.2, -0.15) is 0 Å². The summed E-state index contributed by atoms with van der Waals surface area (Å²) in [6.07, 6.45) is 0.815. The van der Waals surface area contributed by atoms with Gasteiger partial charge in [0.2, 0.25) is 0 Å². The molecule has 0 aromatic carbocycles. The number of hydrogen-bond acceptors (Lipinski definition) is 3. The van der Waals surface area contributed by atoms with Gasteiger partial charge in [0.25, 0.3) is 0 Å². The summed E-state index contributed by atoms with van der Waals surface area (Å²) in [7, 11) is 0. The van der Waals surface area contributed by atoms with Crippen LogP contribution in [0.25, 0.3) is 0 Å². The highest BCUT2D eigenvalue weighted by Gasteiger charge is 2.27. The van der Waals surface area contributed by atoms with Gasteiger partial charge >= 0.3 is 0 Å². The van der Waals surface area contributed by atoms with Crippen LogP contribution in [0.4, 0.5) is 0 Å². The van der Waals surface area contributed by atoms with E-state index >= 15 is 0 Å². The lowest BCUT2D eigenvalue weighted by atomic mass is 10.0. The average molecular weight is 213 g/mol. The van der Waals surface area contributed by atoms with Crippen LogP contribution in [0, 0.1) is 5.92 Å². The van der Waals surface area contributed by atoms with E-state index in [0.717, 1.165) is 19.5 Å². The van der Waals surface area contributed by atoms with E-state index in [0.29, 0.717) is 12.6 Å². The Morgan fingerprint density at radius 1 is 1.33 bits per heavy atom. The summed E-state index contributed by atoms with van der Waals surface area (Å²) in [6, 6.07) is 0.495. The molecular formula is C12H23NO2. The van der Waals surface area contributed by atoms with Gasteiger partial charge in [0.15, 0.2) is 5.78 Å². The summed E-state index contributed by atoms with van der Waals surface area (Å²) in [5.74, 6) is 0.310. The molecule has 1 rings (SSSR count). The number of Topliss-reactive ketones (excluding diaryl/α,β-unsaturated/α-hetero) is 1. The molecule has 3 nitrogen and oxygen atoms in total. The summed E-state index contributed by atoms with van der Waals surface area (Å²) in [6.45, 7) is 10.7. The lowest BCUT2D eigenvalue weighted by molar-refractivity contribution is -0.133. The van der Waals surface area contributed by atoms with Gasteiger partial charge in [-0.3, -0.25) is 9.69 Å². The lowest BCUT2D eigenvalue weighted by Crippen LogP contribution is -2.41. The molecule has 88 valence electrons. The van der Waals surface area contributed by atoms with E-state index in [4.69, 9.17) is 4.74 Å². The van der Waals surface area contributed by atoms with Gasteiger partial charge in [-0.15, -0.1) is 0 Å². The van der Waals surface area contributed by atoms with Crippen LogP contribution in [-0.4, -0.2) is 42.5 Å². The van der Waals surface area contributed by atoms with Crippen LogP contribution in [0.5, 0.6) is 0 Å². The number of rotatable bonds is 3. The SMILES string of the molecule is CC(C)C(=O)[C@H]1CN(C(C)C)CCCO1. The smallest absolute Gasteiger partial charge is 0.165 e. The number of nitrogens with zero attached hydrogens (tertiary/aromatic N) is 1. The molecule has 1 aliphatic heterocycles. The van der Waals surface area contributed by atoms with Crippen molar-refractivity contribution >= 4 is 5.78 Å². The molecule has 0 aromatic rings. The first kappa shape index (κ1) is 12.7. The van der Waals surface area contributed by atoms with Crippen molar-refractivity contribution in [2.75, 3.05) is 19.7 Å². The normalized spacial score (nSPS) is 24.5. The highest BCUT2D eigenvalue weighted by Crippen LogP contribution is 2.12. The molecule has 1 fully saturated rings. The van der Waals surface area contributed by atoms with Crippen LogP contribution in [0.1, 0.15) is 34.1 Å². The maximum absolute atomic E-state index is 11.9. The topological polar surface area (TPSA) is 29.5 Å². The largest absolute Gasteiger partial charge is 0.369 e. The minimum Gasteiger partial charge on any atom is -0.369 e. The van der Waals surface area contributed by atoms with Crippen LogP contribution in [0.2, 0.25) is 0 Å². The van der Waals surface area contributed by atoms with Gasteiger partial charge in [-0.05, 0) is 20.3 Å². The van der Waals surface area contributed by atoms with Crippen molar-refractivity contribution in [2.24, 2.45) is 5.92 Å². The Balaban J connectivity index is 2.60. The molecule has 1 heterocycles. The van der Waals surface area contributed by atoms with Gasteiger partial charge in [0, 0.05) is 31.7 Å². The van der Waals surface area contributed by atoms with Gasteiger partial charge in [-0.1, -0.05) is 13.8 Å². The molecule has 0 bridgehead atoms. The van der Waals surface area contributed by atoms with Crippen LogP contribution in [-0.2, 0) is 9.53 Å². The van der Waals surface area contributed by atoms with Crippen LogP contribution >= 0.6 is 0 Å². The first-order valence-corrected chi connectivity index (χ1v) is 5.91. The zero-order valence-corrected chi connectivity index (χ0v) is 10.3. The molecule has 0 radical (unpaired) electrons. The Hall–Kier alpha value is -0.410. The standard InChI is InChI=1S/C12H23NO2/c1-9(2)12(14)11-8-13(10(3)4)6-5-7-15-11/h9-11H,5-8H2,1-4H3/t11-/m1/s1. The van der Waals surface area contributed by atoms with Crippen molar-refractivity contribution in [3.05, 3.63) is 0 Å². The van der Waals surface area contributed by atoms with Gasteiger partial charge in [-0.25, -0.2) is 0 Å². The predicted molar refractivity (Wildman–Crippen MR) is 60.9 cm³/mol.